The van der Waals surface area contributed by atoms with E-state index in [1.165, 1.54) is 11.3 Å². The maximum atomic E-state index is 11.8. The summed E-state index contributed by atoms with van der Waals surface area (Å²) in [6.45, 7) is 6.18. The Labute approximate surface area is 156 Å². The molecule has 1 saturated heterocycles. The van der Waals surface area contributed by atoms with Gasteiger partial charge < -0.3 is 20.4 Å². The summed E-state index contributed by atoms with van der Waals surface area (Å²) in [7, 11) is 1.78. The van der Waals surface area contributed by atoms with Crippen LogP contribution < -0.4 is 15.5 Å². The average molecular weight is 355 g/mol. The Kier molecular flexibility index (Phi) is 6.15. The minimum absolute atomic E-state index is 0.227. The summed E-state index contributed by atoms with van der Waals surface area (Å²) in [6, 6.07) is 8.88. The fraction of sp³-hybridized carbons (Fsp3) is 0.500. The van der Waals surface area contributed by atoms with Gasteiger partial charge in [-0.15, -0.1) is 0 Å². The fourth-order valence-electron chi connectivity index (χ4n) is 3.45. The summed E-state index contributed by atoms with van der Waals surface area (Å²) in [5, 5.41) is 6.83. The van der Waals surface area contributed by atoms with Crippen molar-refractivity contribution < 1.29 is 4.79 Å². The molecule has 1 aromatic carbocycles. The molecule has 0 saturated carbocycles. The molecule has 0 aliphatic carbocycles. The third kappa shape index (κ3) is 4.56. The molecule has 140 valence electrons. The van der Waals surface area contributed by atoms with E-state index in [0.717, 1.165) is 45.1 Å². The number of nitrogens with zero attached hydrogens (tertiary/aromatic N) is 3. The van der Waals surface area contributed by atoms with Crippen molar-refractivity contribution in [3.8, 4) is 0 Å². The first-order valence-corrected chi connectivity index (χ1v) is 9.43. The molecule has 0 spiro atoms. The maximum Gasteiger partial charge on any atom is 0.222 e. The molecule has 2 aliphatic rings. The van der Waals surface area contributed by atoms with Gasteiger partial charge in [0.2, 0.25) is 5.91 Å². The third-order valence-corrected chi connectivity index (χ3v) is 4.96. The molecule has 1 unspecified atom stereocenters. The first-order valence-electron chi connectivity index (χ1n) is 9.43. The minimum Gasteiger partial charge on any atom is -0.364 e. The summed E-state index contributed by atoms with van der Waals surface area (Å²) in [5.74, 6) is 1.01. The van der Waals surface area contributed by atoms with E-state index in [1.807, 2.05) is 11.8 Å². The van der Waals surface area contributed by atoms with Crippen molar-refractivity contribution in [2.45, 2.75) is 32.4 Å². The number of carbonyl (C=O) groups is 1. The number of carbonyl (C=O) groups excluding carboxylic acids is 1. The summed E-state index contributed by atoms with van der Waals surface area (Å²) in [6.07, 6.45) is 5.93. The molecule has 1 aromatic rings. The molecule has 26 heavy (non-hydrogen) atoms. The van der Waals surface area contributed by atoms with Crippen molar-refractivity contribution in [3.63, 3.8) is 0 Å². The molecule has 3 rings (SSSR count). The Morgan fingerprint density at radius 1 is 1.31 bits per heavy atom. The smallest absolute Gasteiger partial charge is 0.222 e. The second-order valence-corrected chi connectivity index (χ2v) is 6.80. The molecule has 6 heteroatoms. The van der Waals surface area contributed by atoms with Gasteiger partial charge in [-0.3, -0.25) is 9.79 Å². The normalized spacial score (nSPS) is 19.9. The molecule has 1 fully saturated rings. The third-order valence-electron chi connectivity index (χ3n) is 4.96. The number of rotatable bonds is 5. The fourth-order valence-corrected chi connectivity index (χ4v) is 3.45. The van der Waals surface area contributed by atoms with E-state index >= 15 is 0 Å². The van der Waals surface area contributed by atoms with Crippen molar-refractivity contribution in [3.05, 3.63) is 42.0 Å². The number of anilines is 1. The zero-order valence-electron chi connectivity index (χ0n) is 15.7. The molecule has 2 N–H and O–H groups in total. The van der Waals surface area contributed by atoms with Crippen LogP contribution in [0.2, 0.25) is 0 Å². The number of hydrogen-bond acceptors (Lipinski definition) is 3. The van der Waals surface area contributed by atoms with Gasteiger partial charge in [0.05, 0.1) is 0 Å². The van der Waals surface area contributed by atoms with Crippen LogP contribution in [-0.2, 0) is 11.3 Å². The van der Waals surface area contributed by atoms with Gasteiger partial charge in [0, 0.05) is 57.9 Å². The summed E-state index contributed by atoms with van der Waals surface area (Å²) in [4.78, 5) is 20.4. The molecule has 0 radical (unpaired) electrons. The second kappa shape index (κ2) is 8.74. The molecule has 6 nitrogen and oxygen atoms in total. The van der Waals surface area contributed by atoms with Crippen LogP contribution >= 0.6 is 0 Å². The lowest BCUT2D eigenvalue weighted by Gasteiger charge is -2.20. The lowest BCUT2D eigenvalue weighted by Crippen LogP contribution is -2.44. The lowest BCUT2D eigenvalue weighted by molar-refractivity contribution is -0.129. The Hall–Kier alpha value is -2.50. The summed E-state index contributed by atoms with van der Waals surface area (Å²) >= 11 is 0. The number of nitrogens with one attached hydrogen (secondary N) is 2. The molecule has 2 aliphatic heterocycles. The zero-order valence-corrected chi connectivity index (χ0v) is 15.7. The Balaban J connectivity index is 1.50. The number of aliphatic imine (C=N–C) groups is 1. The highest BCUT2D eigenvalue weighted by Gasteiger charge is 2.25. The first-order chi connectivity index (χ1) is 12.7. The number of benzene rings is 1. The highest BCUT2D eigenvalue weighted by Crippen LogP contribution is 2.18. The van der Waals surface area contributed by atoms with Crippen LogP contribution in [0.15, 0.2) is 41.4 Å². The van der Waals surface area contributed by atoms with Crippen molar-refractivity contribution in [2.24, 2.45) is 4.99 Å². The van der Waals surface area contributed by atoms with Crippen LogP contribution in [0, 0.1) is 0 Å². The van der Waals surface area contributed by atoms with E-state index < -0.39 is 0 Å². The van der Waals surface area contributed by atoms with E-state index in [2.05, 4.69) is 56.9 Å². The molecule has 0 aromatic heterocycles. The van der Waals surface area contributed by atoms with Gasteiger partial charge in [-0.2, -0.15) is 0 Å². The summed E-state index contributed by atoms with van der Waals surface area (Å²) in [5.41, 5.74) is 2.48. The quantitative estimate of drug-likeness (QED) is 0.480. The van der Waals surface area contributed by atoms with Gasteiger partial charge in [0.25, 0.3) is 0 Å². The SMILES string of the molecule is CCC(=O)N1CCC(NC(=NC)NCc2cccc(N3CC=CC3)c2)C1. The van der Waals surface area contributed by atoms with Gasteiger partial charge >= 0.3 is 0 Å². The van der Waals surface area contributed by atoms with Crippen LogP contribution in [0.4, 0.5) is 5.69 Å². The largest absolute Gasteiger partial charge is 0.364 e. The highest BCUT2D eigenvalue weighted by atomic mass is 16.2. The molecule has 1 atom stereocenters. The zero-order chi connectivity index (χ0) is 18.4. The van der Waals surface area contributed by atoms with Gasteiger partial charge in [-0.05, 0) is 24.1 Å². The number of amides is 1. The van der Waals surface area contributed by atoms with Crippen LogP contribution in [0.5, 0.6) is 0 Å². The Bertz CT molecular complexity index is 677. The summed E-state index contributed by atoms with van der Waals surface area (Å²) < 4.78 is 0. The van der Waals surface area contributed by atoms with E-state index in [1.54, 1.807) is 7.05 Å². The number of guanidine groups is 1. The van der Waals surface area contributed by atoms with Gasteiger partial charge in [-0.25, -0.2) is 0 Å². The predicted octanol–water partition coefficient (Wildman–Crippen LogP) is 1.74. The van der Waals surface area contributed by atoms with Crippen LogP contribution in [0.3, 0.4) is 0 Å². The minimum atomic E-state index is 0.227. The van der Waals surface area contributed by atoms with Crippen molar-refractivity contribution in [1.29, 1.82) is 0 Å². The topological polar surface area (TPSA) is 60.0 Å². The Morgan fingerprint density at radius 2 is 2.12 bits per heavy atom. The van der Waals surface area contributed by atoms with E-state index in [-0.39, 0.29) is 11.9 Å². The molecular weight excluding hydrogens is 326 g/mol. The number of likely N-dealkylation sites (tertiary alicyclic amines) is 1. The van der Waals surface area contributed by atoms with Gasteiger partial charge in [0.1, 0.15) is 0 Å². The molecular formula is C20H29N5O. The monoisotopic (exact) mass is 355 g/mol. The van der Waals surface area contributed by atoms with Crippen LogP contribution in [-0.4, -0.2) is 56.0 Å². The van der Waals surface area contributed by atoms with E-state index in [4.69, 9.17) is 0 Å². The van der Waals surface area contributed by atoms with Gasteiger partial charge in [0.15, 0.2) is 5.96 Å². The second-order valence-electron chi connectivity index (χ2n) is 6.80. The number of hydrogen-bond donors (Lipinski definition) is 2. The van der Waals surface area contributed by atoms with Crippen LogP contribution in [0.1, 0.15) is 25.3 Å². The molecule has 0 bridgehead atoms. The van der Waals surface area contributed by atoms with Crippen LogP contribution in [0.25, 0.3) is 0 Å². The Morgan fingerprint density at radius 3 is 2.85 bits per heavy atom. The standard InChI is InChI=1S/C20H29N5O/c1-3-19(26)25-12-9-17(15-25)23-20(21-2)22-14-16-7-6-8-18(13-16)24-10-4-5-11-24/h4-8,13,17H,3,9-12,14-15H2,1-2H3,(H2,21,22,23). The molecule has 2 heterocycles. The maximum absolute atomic E-state index is 11.8. The molecule has 1 amide bonds. The van der Waals surface area contributed by atoms with Crippen molar-refractivity contribution in [1.82, 2.24) is 15.5 Å². The van der Waals surface area contributed by atoms with Crippen molar-refractivity contribution in [2.75, 3.05) is 38.1 Å². The first kappa shape index (κ1) is 18.3. The van der Waals surface area contributed by atoms with Crippen molar-refractivity contribution >= 4 is 17.6 Å². The van der Waals surface area contributed by atoms with E-state index in [9.17, 15) is 4.79 Å². The van der Waals surface area contributed by atoms with E-state index in [0.29, 0.717) is 6.42 Å². The predicted molar refractivity (Wildman–Crippen MR) is 106 cm³/mol. The average Bonchev–Trinajstić information content (AvgIpc) is 3.36. The van der Waals surface area contributed by atoms with Gasteiger partial charge in [-0.1, -0.05) is 31.2 Å². The lowest BCUT2D eigenvalue weighted by atomic mass is 10.2. The highest BCUT2D eigenvalue weighted by molar-refractivity contribution is 5.80.